The highest BCUT2D eigenvalue weighted by molar-refractivity contribution is 5.96. The van der Waals surface area contributed by atoms with Crippen molar-refractivity contribution in [3.8, 4) is 0 Å². The van der Waals surface area contributed by atoms with E-state index in [-0.39, 0.29) is 24.4 Å². The summed E-state index contributed by atoms with van der Waals surface area (Å²) < 4.78 is 5.18. The van der Waals surface area contributed by atoms with Crippen LogP contribution in [0.2, 0.25) is 0 Å². The van der Waals surface area contributed by atoms with Crippen LogP contribution in [0.15, 0.2) is 18.2 Å². The Morgan fingerprint density at radius 1 is 1.14 bits per heavy atom. The molecule has 0 saturated heterocycles. The molecule has 2 amide bonds. The number of rotatable bonds is 6. The van der Waals surface area contributed by atoms with Gasteiger partial charge in [0.2, 0.25) is 0 Å². The molecule has 1 aliphatic rings. The van der Waals surface area contributed by atoms with Gasteiger partial charge in [-0.3, -0.25) is 14.4 Å². The molecule has 0 bridgehead atoms. The van der Waals surface area contributed by atoms with Gasteiger partial charge in [-0.2, -0.15) is 0 Å². The van der Waals surface area contributed by atoms with Crippen LogP contribution in [0.3, 0.4) is 0 Å². The third-order valence-electron chi connectivity index (χ3n) is 5.87. The molecule has 1 fully saturated rings. The zero-order chi connectivity index (χ0) is 20.8. The highest BCUT2D eigenvalue weighted by Gasteiger charge is 2.30. The van der Waals surface area contributed by atoms with Crippen LogP contribution < -0.4 is 10.6 Å². The number of carbonyl (C=O) groups excluding carboxylic acids is 3. The van der Waals surface area contributed by atoms with E-state index in [4.69, 9.17) is 4.74 Å². The summed E-state index contributed by atoms with van der Waals surface area (Å²) in [5, 5.41) is 5.54. The first-order valence-electron chi connectivity index (χ1n) is 10.0. The zero-order valence-corrected chi connectivity index (χ0v) is 17.5. The molecule has 6 nitrogen and oxygen atoms in total. The quantitative estimate of drug-likeness (QED) is 0.734. The molecule has 0 aromatic heterocycles. The molecular formula is C22H32N2O4. The first-order chi connectivity index (χ1) is 13.2. The zero-order valence-electron chi connectivity index (χ0n) is 17.5. The lowest BCUT2D eigenvalue weighted by Gasteiger charge is -2.35. The van der Waals surface area contributed by atoms with Crippen molar-refractivity contribution in [3.63, 3.8) is 0 Å². The normalized spacial score (nSPS) is 22.8. The number of esters is 1. The second kappa shape index (κ2) is 9.71. The lowest BCUT2D eigenvalue weighted by atomic mass is 9.78. The van der Waals surface area contributed by atoms with Gasteiger partial charge in [-0.1, -0.05) is 32.8 Å². The summed E-state index contributed by atoms with van der Waals surface area (Å²) in [5.74, 6) is -0.303. The van der Waals surface area contributed by atoms with Crippen LogP contribution in [0.4, 0.5) is 0 Å². The molecule has 1 aliphatic carbocycles. The number of hydrogen-bond acceptors (Lipinski definition) is 4. The summed E-state index contributed by atoms with van der Waals surface area (Å²) in [6, 6.07) is 5.47. The van der Waals surface area contributed by atoms with Gasteiger partial charge in [-0.25, -0.2) is 0 Å². The molecule has 0 spiro atoms. The summed E-state index contributed by atoms with van der Waals surface area (Å²) in [7, 11) is 0. The molecule has 0 heterocycles. The Balaban J connectivity index is 1.79. The Morgan fingerprint density at radius 3 is 2.54 bits per heavy atom. The van der Waals surface area contributed by atoms with Crippen molar-refractivity contribution in [2.24, 2.45) is 11.8 Å². The van der Waals surface area contributed by atoms with Crippen molar-refractivity contribution >= 4 is 17.8 Å². The minimum Gasteiger partial charge on any atom is -0.451 e. The lowest BCUT2D eigenvalue weighted by molar-refractivity contribution is -0.154. The Hall–Kier alpha value is -2.37. The van der Waals surface area contributed by atoms with Gasteiger partial charge in [0.15, 0.2) is 6.10 Å². The van der Waals surface area contributed by atoms with E-state index in [1.807, 2.05) is 19.9 Å². The number of ether oxygens (including phenoxy) is 1. The molecule has 2 rings (SSSR count). The first kappa shape index (κ1) is 21.9. The van der Waals surface area contributed by atoms with Gasteiger partial charge in [0.05, 0.1) is 0 Å². The molecule has 0 unspecified atom stereocenters. The van der Waals surface area contributed by atoms with Crippen LogP contribution in [-0.2, 0) is 14.3 Å². The van der Waals surface area contributed by atoms with Gasteiger partial charge in [-0.15, -0.1) is 0 Å². The Morgan fingerprint density at radius 2 is 1.86 bits per heavy atom. The summed E-state index contributed by atoms with van der Waals surface area (Å²) in [6.45, 7) is 9.51. The topological polar surface area (TPSA) is 84.5 Å². The largest absolute Gasteiger partial charge is 0.451 e. The average Bonchev–Trinajstić information content (AvgIpc) is 2.65. The maximum absolute atomic E-state index is 12.4. The van der Waals surface area contributed by atoms with Crippen LogP contribution in [0.1, 0.15) is 61.5 Å². The second-order valence-corrected chi connectivity index (χ2v) is 8.00. The molecule has 2 N–H and O–H groups in total. The maximum atomic E-state index is 12.4. The molecule has 154 valence electrons. The van der Waals surface area contributed by atoms with Gasteiger partial charge in [0.1, 0.15) is 6.54 Å². The van der Waals surface area contributed by atoms with Crippen molar-refractivity contribution in [2.75, 3.05) is 6.54 Å². The summed E-state index contributed by atoms with van der Waals surface area (Å²) >= 11 is 0. The molecule has 28 heavy (non-hydrogen) atoms. The van der Waals surface area contributed by atoms with Crippen molar-refractivity contribution < 1.29 is 19.1 Å². The highest BCUT2D eigenvalue weighted by atomic mass is 16.5. The van der Waals surface area contributed by atoms with Crippen molar-refractivity contribution in [1.82, 2.24) is 10.6 Å². The van der Waals surface area contributed by atoms with Crippen molar-refractivity contribution in [3.05, 3.63) is 34.9 Å². The molecular weight excluding hydrogens is 356 g/mol. The Labute approximate surface area is 167 Å². The fourth-order valence-corrected chi connectivity index (χ4v) is 3.52. The van der Waals surface area contributed by atoms with E-state index in [9.17, 15) is 14.4 Å². The van der Waals surface area contributed by atoms with Crippen LogP contribution in [0.25, 0.3) is 0 Å². The van der Waals surface area contributed by atoms with E-state index < -0.39 is 12.1 Å². The molecule has 1 saturated carbocycles. The summed E-state index contributed by atoms with van der Waals surface area (Å²) in [5.41, 5.74) is 2.59. The van der Waals surface area contributed by atoms with Gasteiger partial charge < -0.3 is 15.4 Å². The fourth-order valence-electron chi connectivity index (χ4n) is 3.52. The fraction of sp³-hybridized carbons (Fsp3) is 0.591. The van der Waals surface area contributed by atoms with E-state index in [0.29, 0.717) is 17.4 Å². The van der Waals surface area contributed by atoms with E-state index in [1.165, 1.54) is 6.42 Å². The third kappa shape index (κ3) is 5.81. The molecule has 6 heteroatoms. The van der Waals surface area contributed by atoms with E-state index in [0.717, 1.165) is 24.0 Å². The minimum absolute atomic E-state index is 0.113. The predicted octanol–water partition coefficient (Wildman–Crippen LogP) is 2.91. The first-order valence-corrected chi connectivity index (χ1v) is 10.0. The van der Waals surface area contributed by atoms with E-state index in [1.54, 1.807) is 19.1 Å². The number of carbonyl (C=O) groups is 3. The van der Waals surface area contributed by atoms with Crippen LogP contribution in [0.5, 0.6) is 0 Å². The number of benzene rings is 1. The monoisotopic (exact) mass is 388 g/mol. The van der Waals surface area contributed by atoms with Gasteiger partial charge in [0.25, 0.3) is 11.8 Å². The summed E-state index contributed by atoms with van der Waals surface area (Å²) in [4.78, 5) is 36.5. The van der Waals surface area contributed by atoms with Crippen LogP contribution in [-0.4, -0.2) is 36.5 Å². The number of hydrogen-bond donors (Lipinski definition) is 2. The lowest BCUT2D eigenvalue weighted by Crippen LogP contribution is -2.48. The van der Waals surface area contributed by atoms with Gasteiger partial charge >= 0.3 is 5.97 Å². The van der Waals surface area contributed by atoms with Gasteiger partial charge in [0, 0.05) is 11.6 Å². The Kier molecular flexibility index (Phi) is 7.61. The standard InChI is InChI=1S/C22H32N2O4/c1-13-9-10-18(11-15(13)3)22(27)23-12-20(25)28-17(5)21(26)24-19-8-6-7-14(2)16(19)4/h9-11,14,16-17,19H,6-8,12H2,1-5H3,(H,23,27)(H,24,26)/t14-,16-,17-,19+/m0/s1. The maximum Gasteiger partial charge on any atom is 0.326 e. The molecule has 0 radical (unpaired) electrons. The smallest absolute Gasteiger partial charge is 0.326 e. The SMILES string of the molecule is Cc1ccc(C(=O)NCC(=O)O[C@@H](C)C(=O)N[C@@H]2CCC[C@H](C)[C@@H]2C)cc1C. The second-order valence-electron chi connectivity index (χ2n) is 8.00. The highest BCUT2D eigenvalue weighted by Crippen LogP contribution is 2.29. The molecule has 0 aliphatic heterocycles. The number of aryl methyl sites for hydroxylation is 2. The molecule has 1 aromatic rings. The average molecular weight is 389 g/mol. The van der Waals surface area contributed by atoms with E-state index >= 15 is 0 Å². The summed E-state index contributed by atoms with van der Waals surface area (Å²) in [6.07, 6.45) is 2.33. The van der Waals surface area contributed by atoms with E-state index in [2.05, 4.69) is 24.5 Å². The van der Waals surface area contributed by atoms with Crippen molar-refractivity contribution in [1.29, 1.82) is 0 Å². The third-order valence-corrected chi connectivity index (χ3v) is 5.87. The molecule has 1 aromatic carbocycles. The number of amides is 2. The minimum atomic E-state index is -0.893. The van der Waals surface area contributed by atoms with Gasteiger partial charge in [-0.05, 0) is 62.3 Å². The Bertz CT molecular complexity index is 731. The molecule has 4 atom stereocenters. The number of nitrogens with one attached hydrogen (secondary N) is 2. The van der Waals surface area contributed by atoms with Crippen molar-refractivity contribution in [2.45, 2.75) is 66.0 Å². The predicted molar refractivity (Wildman–Crippen MR) is 108 cm³/mol. The van der Waals surface area contributed by atoms with Crippen LogP contribution >= 0.6 is 0 Å². The van der Waals surface area contributed by atoms with Crippen LogP contribution in [0, 0.1) is 25.7 Å².